The van der Waals surface area contributed by atoms with Gasteiger partial charge >= 0.3 is 0 Å². The Morgan fingerprint density at radius 3 is 2.87 bits per heavy atom. The summed E-state index contributed by atoms with van der Waals surface area (Å²) in [5.74, 6) is 0.918. The van der Waals surface area contributed by atoms with E-state index in [2.05, 4.69) is 18.2 Å². The van der Waals surface area contributed by atoms with E-state index in [1.165, 1.54) is 30.4 Å². The predicted octanol–water partition coefficient (Wildman–Crippen LogP) is 3.01. The van der Waals surface area contributed by atoms with E-state index in [0.29, 0.717) is 0 Å². The minimum absolute atomic E-state index is 0.501. The first-order valence-corrected chi connectivity index (χ1v) is 6.09. The van der Waals surface area contributed by atoms with E-state index in [1.807, 2.05) is 6.07 Å². The Labute approximate surface area is 91.1 Å². The summed E-state index contributed by atoms with van der Waals surface area (Å²) in [4.78, 5) is 0. The third kappa shape index (κ3) is 1.69. The molecule has 1 saturated carbocycles. The summed E-state index contributed by atoms with van der Waals surface area (Å²) in [5.41, 5.74) is 2.06. The molecule has 0 saturated heterocycles. The van der Waals surface area contributed by atoms with E-state index in [1.54, 1.807) is 0 Å². The Bertz CT molecular complexity index is 367. The Kier molecular flexibility index (Phi) is 2.10. The fraction of sp³-hybridized carbons (Fsp3) is 0.571. The summed E-state index contributed by atoms with van der Waals surface area (Å²) in [6.45, 7) is 0. The van der Waals surface area contributed by atoms with E-state index < -0.39 is 5.60 Å². The van der Waals surface area contributed by atoms with Gasteiger partial charge in [0.05, 0.1) is 5.60 Å². The van der Waals surface area contributed by atoms with Crippen LogP contribution in [0.1, 0.15) is 43.2 Å². The van der Waals surface area contributed by atoms with Crippen molar-refractivity contribution in [3.8, 4) is 0 Å². The maximum absolute atomic E-state index is 10.6. The molecule has 1 aromatic rings. The molecule has 2 aliphatic carbocycles. The number of benzene rings is 1. The maximum atomic E-state index is 10.6. The number of aryl methyl sites for hydroxylation is 1. The molecule has 1 fully saturated rings. The smallest absolute Gasteiger partial charge is 0.0902 e. The van der Waals surface area contributed by atoms with Crippen molar-refractivity contribution < 1.29 is 5.11 Å². The monoisotopic (exact) mass is 202 g/mol. The van der Waals surface area contributed by atoms with Crippen molar-refractivity contribution in [2.24, 2.45) is 5.92 Å². The van der Waals surface area contributed by atoms with Crippen molar-refractivity contribution >= 4 is 0 Å². The van der Waals surface area contributed by atoms with Crippen molar-refractivity contribution in [2.75, 3.05) is 0 Å². The lowest BCUT2D eigenvalue weighted by atomic mass is 9.90. The first-order valence-electron chi connectivity index (χ1n) is 6.09. The third-order valence-corrected chi connectivity index (χ3v) is 3.99. The van der Waals surface area contributed by atoms with Gasteiger partial charge in [-0.15, -0.1) is 0 Å². The van der Waals surface area contributed by atoms with Crippen LogP contribution in [0.25, 0.3) is 0 Å². The van der Waals surface area contributed by atoms with Gasteiger partial charge in [-0.2, -0.15) is 0 Å². The molecule has 1 atom stereocenters. The SMILES string of the molecule is OC1(CCC2CC2)CCc2ccccc21. The molecule has 1 unspecified atom stereocenters. The van der Waals surface area contributed by atoms with Crippen LogP contribution in [-0.4, -0.2) is 5.11 Å². The standard InChI is InChI=1S/C14H18O/c15-14(9-7-11-5-6-11)10-8-12-3-1-2-4-13(12)14/h1-4,11,15H,5-10H2. The lowest BCUT2D eigenvalue weighted by molar-refractivity contribution is 0.0259. The van der Waals surface area contributed by atoms with E-state index in [4.69, 9.17) is 0 Å². The molecule has 0 aromatic heterocycles. The van der Waals surface area contributed by atoms with Crippen molar-refractivity contribution in [1.29, 1.82) is 0 Å². The van der Waals surface area contributed by atoms with Crippen LogP contribution in [-0.2, 0) is 12.0 Å². The lowest BCUT2D eigenvalue weighted by Gasteiger charge is -2.23. The topological polar surface area (TPSA) is 20.2 Å². The first kappa shape index (κ1) is 9.41. The summed E-state index contributed by atoms with van der Waals surface area (Å²) < 4.78 is 0. The van der Waals surface area contributed by atoms with Crippen LogP contribution < -0.4 is 0 Å². The first-order chi connectivity index (χ1) is 7.28. The molecule has 0 heterocycles. The van der Waals surface area contributed by atoms with Crippen molar-refractivity contribution in [1.82, 2.24) is 0 Å². The van der Waals surface area contributed by atoms with Crippen LogP contribution >= 0.6 is 0 Å². The molecule has 15 heavy (non-hydrogen) atoms. The quantitative estimate of drug-likeness (QED) is 0.798. The van der Waals surface area contributed by atoms with Crippen molar-refractivity contribution in [3.05, 3.63) is 35.4 Å². The molecule has 0 radical (unpaired) electrons. The summed E-state index contributed by atoms with van der Waals surface area (Å²) >= 11 is 0. The number of hydrogen-bond donors (Lipinski definition) is 1. The zero-order chi connectivity index (χ0) is 10.3. The molecule has 0 amide bonds. The highest BCUT2D eigenvalue weighted by atomic mass is 16.3. The Morgan fingerprint density at radius 1 is 1.27 bits per heavy atom. The predicted molar refractivity (Wildman–Crippen MR) is 60.6 cm³/mol. The fourth-order valence-corrected chi connectivity index (χ4v) is 2.78. The van der Waals surface area contributed by atoms with Gasteiger partial charge in [0.2, 0.25) is 0 Å². The summed E-state index contributed by atoms with van der Waals surface area (Å²) in [6.07, 6.45) is 6.94. The van der Waals surface area contributed by atoms with E-state index in [9.17, 15) is 5.11 Å². The summed E-state index contributed by atoms with van der Waals surface area (Å²) in [5, 5.41) is 10.6. The van der Waals surface area contributed by atoms with Gasteiger partial charge in [-0.25, -0.2) is 0 Å². The van der Waals surface area contributed by atoms with E-state index in [-0.39, 0.29) is 0 Å². The van der Waals surface area contributed by atoms with Crippen LogP contribution in [0.15, 0.2) is 24.3 Å². The number of aliphatic hydroxyl groups is 1. The Balaban J connectivity index is 1.80. The lowest BCUT2D eigenvalue weighted by Crippen LogP contribution is -2.22. The fourth-order valence-electron chi connectivity index (χ4n) is 2.78. The van der Waals surface area contributed by atoms with Crippen LogP contribution in [0.2, 0.25) is 0 Å². The molecule has 1 heteroatoms. The van der Waals surface area contributed by atoms with Gasteiger partial charge < -0.3 is 5.11 Å². The highest BCUT2D eigenvalue weighted by Crippen LogP contribution is 2.43. The molecule has 80 valence electrons. The molecule has 3 rings (SSSR count). The number of hydrogen-bond acceptors (Lipinski definition) is 1. The van der Waals surface area contributed by atoms with Gasteiger partial charge in [0, 0.05) is 0 Å². The van der Waals surface area contributed by atoms with Crippen LogP contribution in [0.4, 0.5) is 0 Å². The minimum atomic E-state index is -0.501. The van der Waals surface area contributed by atoms with Gasteiger partial charge in [0.1, 0.15) is 0 Å². The minimum Gasteiger partial charge on any atom is -0.385 e. The molecule has 1 nitrogen and oxygen atoms in total. The average Bonchev–Trinajstić information content (AvgIpc) is 3.03. The largest absolute Gasteiger partial charge is 0.385 e. The Hall–Kier alpha value is -0.820. The zero-order valence-electron chi connectivity index (χ0n) is 9.08. The van der Waals surface area contributed by atoms with E-state index in [0.717, 1.165) is 25.2 Å². The molecule has 0 bridgehead atoms. The maximum Gasteiger partial charge on any atom is 0.0902 e. The van der Waals surface area contributed by atoms with Crippen LogP contribution in [0.3, 0.4) is 0 Å². The Morgan fingerprint density at radius 2 is 2.07 bits per heavy atom. The highest BCUT2D eigenvalue weighted by molar-refractivity contribution is 5.36. The van der Waals surface area contributed by atoms with Crippen molar-refractivity contribution in [3.63, 3.8) is 0 Å². The second-order valence-corrected chi connectivity index (χ2v) is 5.17. The summed E-state index contributed by atoms with van der Waals surface area (Å²) in [7, 11) is 0. The van der Waals surface area contributed by atoms with Gasteiger partial charge in [-0.1, -0.05) is 37.1 Å². The molecule has 0 aliphatic heterocycles. The second kappa shape index (κ2) is 3.34. The molecule has 0 spiro atoms. The number of rotatable bonds is 3. The van der Waals surface area contributed by atoms with Gasteiger partial charge in [-0.05, 0) is 42.7 Å². The molecular weight excluding hydrogens is 184 g/mol. The van der Waals surface area contributed by atoms with E-state index >= 15 is 0 Å². The van der Waals surface area contributed by atoms with Crippen LogP contribution in [0.5, 0.6) is 0 Å². The zero-order valence-corrected chi connectivity index (χ0v) is 9.08. The van der Waals surface area contributed by atoms with Gasteiger partial charge in [0.25, 0.3) is 0 Å². The molecule has 1 N–H and O–H groups in total. The van der Waals surface area contributed by atoms with Gasteiger partial charge in [-0.3, -0.25) is 0 Å². The summed E-state index contributed by atoms with van der Waals surface area (Å²) in [6, 6.07) is 8.39. The molecule has 1 aromatic carbocycles. The normalized spacial score (nSPS) is 29.1. The highest BCUT2D eigenvalue weighted by Gasteiger charge is 2.37. The van der Waals surface area contributed by atoms with Crippen molar-refractivity contribution in [2.45, 2.75) is 44.1 Å². The van der Waals surface area contributed by atoms with Gasteiger partial charge in [0.15, 0.2) is 0 Å². The third-order valence-electron chi connectivity index (χ3n) is 3.99. The number of fused-ring (bicyclic) bond motifs is 1. The molecule has 2 aliphatic rings. The average molecular weight is 202 g/mol. The molecular formula is C14H18O. The second-order valence-electron chi connectivity index (χ2n) is 5.17. The van der Waals surface area contributed by atoms with Crippen LogP contribution in [0, 0.1) is 5.92 Å².